The number of ether oxygens (including phenoxy) is 1. The Hall–Kier alpha value is -3.24. The highest BCUT2D eigenvalue weighted by Crippen LogP contribution is 2.44. The van der Waals surface area contributed by atoms with Crippen LogP contribution in [0.15, 0.2) is 84.1 Å². The van der Waals surface area contributed by atoms with E-state index in [1.807, 2.05) is 66.7 Å². The number of fused-ring (bicyclic) bond motifs is 1. The number of rotatable bonds is 3. The van der Waals surface area contributed by atoms with Crippen LogP contribution in [0.1, 0.15) is 35.9 Å². The molecular weight excluding hydrogens is 408 g/mol. The van der Waals surface area contributed by atoms with Crippen molar-refractivity contribution >= 4 is 28.8 Å². The highest BCUT2D eigenvalue weighted by molar-refractivity contribution is 6.30. The summed E-state index contributed by atoms with van der Waals surface area (Å²) in [4.78, 5) is 13.5. The van der Waals surface area contributed by atoms with Crippen molar-refractivity contribution in [1.29, 1.82) is 0 Å². The lowest BCUT2D eigenvalue weighted by molar-refractivity contribution is -0.116. The van der Waals surface area contributed by atoms with Gasteiger partial charge in [-0.25, -0.2) is 0 Å². The number of methoxy groups -OCH3 is 1. The van der Waals surface area contributed by atoms with Gasteiger partial charge in [-0.1, -0.05) is 48.0 Å². The molecule has 2 N–H and O–H groups in total. The van der Waals surface area contributed by atoms with Crippen molar-refractivity contribution in [2.24, 2.45) is 0 Å². The molecule has 156 valence electrons. The maximum Gasteiger partial charge on any atom is 0.163 e. The van der Waals surface area contributed by atoms with E-state index in [2.05, 4.69) is 16.7 Å². The summed E-state index contributed by atoms with van der Waals surface area (Å²) in [5, 5.41) is 7.81. The van der Waals surface area contributed by atoms with Crippen LogP contribution in [-0.2, 0) is 4.79 Å². The number of carbonyl (C=O) groups excluding carboxylic acids is 1. The van der Waals surface area contributed by atoms with Crippen molar-refractivity contribution in [2.75, 3.05) is 17.7 Å². The Morgan fingerprint density at radius 1 is 0.903 bits per heavy atom. The van der Waals surface area contributed by atoms with E-state index >= 15 is 0 Å². The highest BCUT2D eigenvalue weighted by Gasteiger charge is 2.36. The Balaban J connectivity index is 1.60. The fourth-order valence-corrected chi connectivity index (χ4v) is 4.76. The lowest BCUT2D eigenvalue weighted by atomic mass is 9.78. The first-order valence-electron chi connectivity index (χ1n) is 10.4. The first kappa shape index (κ1) is 19.7. The number of benzene rings is 3. The maximum absolute atomic E-state index is 13.5. The monoisotopic (exact) mass is 430 g/mol. The van der Waals surface area contributed by atoms with Gasteiger partial charge in [0, 0.05) is 22.7 Å². The maximum atomic E-state index is 13.5. The number of allylic oxidation sites excluding steroid dienone is 1. The van der Waals surface area contributed by atoms with Crippen LogP contribution in [0.4, 0.5) is 11.4 Å². The van der Waals surface area contributed by atoms with Gasteiger partial charge < -0.3 is 15.4 Å². The number of carbonyl (C=O) groups is 1. The van der Waals surface area contributed by atoms with Crippen LogP contribution in [0.2, 0.25) is 5.02 Å². The minimum Gasteiger partial charge on any atom is -0.497 e. The minimum atomic E-state index is -0.261. The molecule has 5 heteroatoms. The molecule has 0 radical (unpaired) electrons. The SMILES string of the molecule is COc1cccc(C2CC(=O)C3=C(C2)Nc2ccccc2NC3c2cccc(Cl)c2)c1. The number of hydrogen-bond donors (Lipinski definition) is 2. The molecule has 2 atom stereocenters. The van der Waals surface area contributed by atoms with Crippen molar-refractivity contribution in [2.45, 2.75) is 24.8 Å². The average Bonchev–Trinajstić information content (AvgIpc) is 2.96. The third kappa shape index (κ3) is 3.79. The molecule has 1 aliphatic heterocycles. The van der Waals surface area contributed by atoms with Crippen LogP contribution >= 0.6 is 11.6 Å². The van der Waals surface area contributed by atoms with E-state index in [1.165, 1.54) is 0 Å². The number of ketones is 1. The topological polar surface area (TPSA) is 50.4 Å². The molecule has 5 rings (SSSR count). The number of nitrogens with one attached hydrogen (secondary N) is 2. The minimum absolute atomic E-state index is 0.0964. The molecule has 2 unspecified atom stereocenters. The first-order valence-corrected chi connectivity index (χ1v) is 10.8. The summed E-state index contributed by atoms with van der Waals surface area (Å²) in [5.41, 5.74) is 5.79. The van der Waals surface area contributed by atoms with Crippen LogP contribution in [-0.4, -0.2) is 12.9 Å². The number of para-hydroxylation sites is 2. The molecule has 0 bridgehead atoms. The predicted octanol–water partition coefficient (Wildman–Crippen LogP) is 6.33. The lowest BCUT2D eigenvalue weighted by Gasteiger charge is -2.30. The number of Topliss-reactive ketones (excluding diaryl/α,β-unsaturated/α-hetero) is 1. The molecule has 0 fully saturated rings. The summed E-state index contributed by atoms with van der Waals surface area (Å²) in [6.45, 7) is 0. The van der Waals surface area contributed by atoms with E-state index in [4.69, 9.17) is 16.3 Å². The molecule has 4 nitrogen and oxygen atoms in total. The Morgan fingerprint density at radius 3 is 2.48 bits per heavy atom. The predicted molar refractivity (Wildman–Crippen MR) is 125 cm³/mol. The van der Waals surface area contributed by atoms with Gasteiger partial charge in [-0.3, -0.25) is 4.79 Å². The summed E-state index contributed by atoms with van der Waals surface area (Å²) in [7, 11) is 1.66. The Kier molecular flexibility index (Phi) is 5.16. The van der Waals surface area contributed by atoms with Gasteiger partial charge in [0.1, 0.15) is 5.75 Å². The van der Waals surface area contributed by atoms with Crippen molar-refractivity contribution in [3.8, 4) is 5.75 Å². The van der Waals surface area contributed by atoms with Crippen molar-refractivity contribution in [3.05, 3.63) is 100 Å². The summed E-state index contributed by atoms with van der Waals surface area (Å²) < 4.78 is 5.40. The van der Waals surface area contributed by atoms with Crippen LogP contribution < -0.4 is 15.4 Å². The van der Waals surface area contributed by atoms with Gasteiger partial charge in [0.05, 0.1) is 24.5 Å². The molecule has 0 amide bonds. The van der Waals surface area contributed by atoms with E-state index in [1.54, 1.807) is 7.11 Å². The molecule has 1 heterocycles. The van der Waals surface area contributed by atoms with Crippen molar-refractivity contribution in [1.82, 2.24) is 0 Å². The standard InChI is InChI=1S/C26H23ClN2O2/c1-31-20-9-5-6-16(13-20)18-14-23-25(24(30)15-18)26(17-7-4-8-19(27)12-17)29-22-11-3-2-10-21(22)28-23/h2-13,18,26,28-29H,14-15H2,1H3. The molecule has 2 aliphatic rings. The molecular formula is C26H23ClN2O2. The van der Waals surface area contributed by atoms with E-state index in [0.717, 1.165) is 45.9 Å². The second-order valence-corrected chi connectivity index (χ2v) is 8.44. The van der Waals surface area contributed by atoms with Gasteiger partial charge in [0.25, 0.3) is 0 Å². The van der Waals surface area contributed by atoms with Gasteiger partial charge in [-0.15, -0.1) is 0 Å². The van der Waals surface area contributed by atoms with E-state index in [9.17, 15) is 4.79 Å². The Labute approximate surface area is 186 Å². The zero-order valence-electron chi connectivity index (χ0n) is 17.2. The van der Waals surface area contributed by atoms with Crippen LogP contribution in [0, 0.1) is 0 Å². The quantitative estimate of drug-likeness (QED) is 0.509. The zero-order valence-corrected chi connectivity index (χ0v) is 17.9. The Bertz CT molecular complexity index is 1190. The normalized spacial score (nSPS) is 20.1. The fraction of sp³-hybridized carbons (Fsp3) is 0.192. The van der Waals surface area contributed by atoms with Crippen LogP contribution in [0.5, 0.6) is 5.75 Å². The van der Waals surface area contributed by atoms with Gasteiger partial charge in [-0.2, -0.15) is 0 Å². The van der Waals surface area contributed by atoms with Gasteiger partial charge in [0.2, 0.25) is 0 Å². The van der Waals surface area contributed by atoms with Crippen molar-refractivity contribution < 1.29 is 9.53 Å². The van der Waals surface area contributed by atoms with Gasteiger partial charge in [0.15, 0.2) is 5.78 Å². The largest absolute Gasteiger partial charge is 0.497 e. The fourth-order valence-electron chi connectivity index (χ4n) is 4.56. The molecule has 3 aromatic carbocycles. The highest BCUT2D eigenvalue weighted by atomic mass is 35.5. The molecule has 0 aromatic heterocycles. The second-order valence-electron chi connectivity index (χ2n) is 8.00. The second kappa shape index (κ2) is 8.12. The van der Waals surface area contributed by atoms with Crippen molar-refractivity contribution in [3.63, 3.8) is 0 Å². The summed E-state index contributed by atoms with van der Waals surface area (Å²) >= 11 is 6.29. The smallest absolute Gasteiger partial charge is 0.163 e. The van der Waals surface area contributed by atoms with Gasteiger partial charge >= 0.3 is 0 Å². The average molecular weight is 431 g/mol. The first-order chi connectivity index (χ1) is 15.1. The Morgan fingerprint density at radius 2 is 1.68 bits per heavy atom. The van der Waals surface area contributed by atoms with Crippen LogP contribution in [0.3, 0.4) is 0 Å². The third-order valence-corrected chi connectivity index (χ3v) is 6.29. The van der Waals surface area contributed by atoms with E-state index in [0.29, 0.717) is 11.4 Å². The lowest BCUT2D eigenvalue weighted by Crippen LogP contribution is -2.26. The van der Waals surface area contributed by atoms with E-state index in [-0.39, 0.29) is 17.7 Å². The molecule has 0 saturated heterocycles. The third-order valence-electron chi connectivity index (χ3n) is 6.06. The number of anilines is 2. The summed E-state index contributed by atoms with van der Waals surface area (Å²) in [6.07, 6.45) is 1.21. The summed E-state index contributed by atoms with van der Waals surface area (Å²) in [6, 6.07) is 23.5. The number of halogens is 1. The zero-order chi connectivity index (χ0) is 21.4. The molecule has 31 heavy (non-hydrogen) atoms. The van der Waals surface area contributed by atoms with Crippen LogP contribution in [0.25, 0.3) is 0 Å². The molecule has 1 aliphatic carbocycles. The number of hydrogen-bond acceptors (Lipinski definition) is 4. The van der Waals surface area contributed by atoms with Gasteiger partial charge in [-0.05, 0) is 59.9 Å². The molecule has 0 spiro atoms. The molecule has 3 aromatic rings. The molecule has 0 saturated carbocycles. The summed E-state index contributed by atoms with van der Waals surface area (Å²) in [5.74, 6) is 1.05. The van der Waals surface area contributed by atoms with E-state index < -0.39 is 0 Å².